The average molecular weight is 226 g/mol. The minimum absolute atomic E-state index is 0.0612. The van der Waals surface area contributed by atoms with Crippen LogP contribution in [-0.2, 0) is 5.60 Å². The Morgan fingerprint density at radius 1 is 0.882 bits per heavy atom. The van der Waals surface area contributed by atoms with Crippen molar-refractivity contribution in [3.05, 3.63) is 71.8 Å². The monoisotopic (exact) mass is 226 g/mol. The van der Waals surface area contributed by atoms with E-state index >= 15 is 0 Å². The summed E-state index contributed by atoms with van der Waals surface area (Å²) in [5.41, 5.74) is 1.26. The Bertz CT molecular complexity index is 459. The molecule has 2 rings (SSSR count). The molecule has 0 aromatic heterocycles. The third kappa shape index (κ3) is 2.40. The molecule has 1 heteroatoms. The van der Waals surface area contributed by atoms with Gasteiger partial charge in [-0.3, -0.25) is 0 Å². The molecule has 0 spiro atoms. The van der Waals surface area contributed by atoms with Gasteiger partial charge in [0.2, 0.25) is 0 Å². The lowest BCUT2D eigenvalue weighted by atomic mass is 9.80. The van der Waals surface area contributed by atoms with Crippen molar-refractivity contribution >= 4 is 0 Å². The fourth-order valence-corrected chi connectivity index (χ4v) is 2.09. The van der Waals surface area contributed by atoms with E-state index in [1.165, 1.54) is 0 Å². The van der Waals surface area contributed by atoms with Crippen LogP contribution in [0.4, 0.5) is 0 Å². The summed E-state index contributed by atoms with van der Waals surface area (Å²) in [5.74, 6) is 0.0612. The lowest BCUT2D eigenvalue weighted by Crippen LogP contribution is -2.28. The summed E-state index contributed by atoms with van der Waals surface area (Å²) in [6.45, 7) is 3.93. The summed E-state index contributed by atoms with van der Waals surface area (Å²) in [7, 11) is 0. The van der Waals surface area contributed by atoms with Gasteiger partial charge < -0.3 is 5.11 Å². The highest BCUT2D eigenvalue weighted by atomic mass is 16.3. The molecule has 17 heavy (non-hydrogen) atoms. The second kappa shape index (κ2) is 4.72. The molecule has 2 aromatic rings. The Morgan fingerprint density at radius 2 is 1.35 bits per heavy atom. The summed E-state index contributed by atoms with van der Waals surface area (Å²) in [6, 6.07) is 20.0. The van der Waals surface area contributed by atoms with Gasteiger partial charge in [-0.15, -0.1) is 0 Å². The van der Waals surface area contributed by atoms with Crippen molar-refractivity contribution in [2.24, 2.45) is 0 Å². The quantitative estimate of drug-likeness (QED) is 0.846. The SMILES string of the molecule is C[C@H](c1ccccc1)[C@](C)(O)c1ccccc1. The molecule has 88 valence electrons. The summed E-state index contributed by atoms with van der Waals surface area (Å²) >= 11 is 0. The molecule has 2 atom stereocenters. The average Bonchev–Trinajstić information content (AvgIpc) is 2.40. The molecular formula is C16H18O. The van der Waals surface area contributed by atoms with Crippen molar-refractivity contribution in [2.75, 3.05) is 0 Å². The van der Waals surface area contributed by atoms with E-state index in [0.717, 1.165) is 11.1 Å². The van der Waals surface area contributed by atoms with Gasteiger partial charge in [0.15, 0.2) is 0 Å². The number of rotatable bonds is 3. The van der Waals surface area contributed by atoms with Gasteiger partial charge >= 0.3 is 0 Å². The number of benzene rings is 2. The Balaban J connectivity index is 2.33. The van der Waals surface area contributed by atoms with Crippen LogP contribution >= 0.6 is 0 Å². The zero-order valence-corrected chi connectivity index (χ0v) is 10.3. The summed E-state index contributed by atoms with van der Waals surface area (Å²) in [4.78, 5) is 0. The molecule has 0 heterocycles. The largest absolute Gasteiger partial charge is 0.385 e. The molecule has 1 nitrogen and oxygen atoms in total. The zero-order chi connectivity index (χ0) is 12.3. The first kappa shape index (κ1) is 11.9. The first-order valence-corrected chi connectivity index (χ1v) is 5.95. The Hall–Kier alpha value is -1.60. The van der Waals surface area contributed by atoms with E-state index in [4.69, 9.17) is 0 Å². The van der Waals surface area contributed by atoms with E-state index in [-0.39, 0.29) is 5.92 Å². The van der Waals surface area contributed by atoms with Gasteiger partial charge in [0.25, 0.3) is 0 Å². The second-order valence-electron chi connectivity index (χ2n) is 4.65. The molecule has 1 N–H and O–H groups in total. The van der Waals surface area contributed by atoms with Crippen molar-refractivity contribution in [3.63, 3.8) is 0 Å². The normalized spacial score (nSPS) is 16.2. The zero-order valence-electron chi connectivity index (χ0n) is 10.3. The highest BCUT2D eigenvalue weighted by Crippen LogP contribution is 2.35. The number of hydrogen-bond donors (Lipinski definition) is 1. The van der Waals surface area contributed by atoms with Gasteiger partial charge in [0.05, 0.1) is 5.60 Å². The van der Waals surface area contributed by atoms with Crippen LogP contribution in [0.3, 0.4) is 0 Å². The smallest absolute Gasteiger partial charge is 0.0934 e. The third-order valence-electron chi connectivity index (χ3n) is 3.50. The summed E-state index contributed by atoms with van der Waals surface area (Å²) < 4.78 is 0. The second-order valence-corrected chi connectivity index (χ2v) is 4.65. The predicted octanol–water partition coefficient (Wildman–Crippen LogP) is 3.70. The first-order chi connectivity index (χ1) is 8.12. The van der Waals surface area contributed by atoms with Gasteiger partial charge in [-0.25, -0.2) is 0 Å². The minimum atomic E-state index is -0.845. The number of aliphatic hydroxyl groups is 1. The molecule has 0 aliphatic carbocycles. The Labute approximate surface area is 103 Å². The van der Waals surface area contributed by atoms with Crippen molar-refractivity contribution in [2.45, 2.75) is 25.4 Å². The molecule has 0 saturated heterocycles. The van der Waals surface area contributed by atoms with E-state index in [0.29, 0.717) is 0 Å². The Kier molecular flexibility index (Phi) is 3.30. The lowest BCUT2D eigenvalue weighted by Gasteiger charge is -2.31. The highest BCUT2D eigenvalue weighted by Gasteiger charge is 2.30. The van der Waals surface area contributed by atoms with Crippen LogP contribution < -0.4 is 0 Å². The summed E-state index contributed by atoms with van der Waals surface area (Å²) in [5, 5.41) is 10.7. The van der Waals surface area contributed by atoms with Crippen molar-refractivity contribution in [3.8, 4) is 0 Å². The predicted molar refractivity (Wildman–Crippen MR) is 70.9 cm³/mol. The molecular weight excluding hydrogens is 208 g/mol. The molecule has 0 amide bonds. The molecule has 0 aliphatic heterocycles. The van der Waals surface area contributed by atoms with Crippen LogP contribution in [0, 0.1) is 0 Å². The highest BCUT2D eigenvalue weighted by molar-refractivity contribution is 5.29. The van der Waals surface area contributed by atoms with Crippen LogP contribution in [0.1, 0.15) is 30.9 Å². The van der Waals surface area contributed by atoms with E-state index in [2.05, 4.69) is 19.1 Å². The van der Waals surface area contributed by atoms with Gasteiger partial charge in [0, 0.05) is 5.92 Å². The van der Waals surface area contributed by atoms with E-state index in [1.54, 1.807) is 0 Å². The fraction of sp³-hybridized carbons (Fsp3) is 0.250. The van der Waals surface area contributed by atoms with Crippen LogP contribution in [0.15, 0.2) is 60.7 Å². The molecule has 2 aromatic carbocycles. The first-order valence-electron chi connectivity index (χ1n) is 5.95. The van der Waals surface area contributed by atoms with Crippen LogP contribution in [0.2, 0.25) is 0 Å². The maximum atomic E-state index is 10.7. The lowest BCUT2D eigenvalue weighted by molar-refractivity contribution is 0.0324. The summed E-state index contributed by atoms with van der Waals surface area (Å²) in [6.07, 6.45) is 0. The maximum Gasteiger partial charge on any atom is 0.0934 e. The van der Waals surface area contributed by atoms with E-state index < -0.39 is 5.60 Å². The molecule has 0 saturated carbocycles. The van der Waals surface area contributed by atoms with Crippen LogP contribution in [0.25, 0.3) is 0 Å². The van der Waals surface area contributed by atoms with E-state index in [1.807, 2.05) is 55.5 Å². The van der Waals surface area contributed by atoms with Crippen LogP contribution in [0.5, 0.6) is 0 Å². The molecule has 0 fully saturated rings. The maximum absolute atomic E-state index is 10.7. The van der Waals surface area contributed by atoms with Gasteiger partial charge in [0.1, 0.15) is 0 Å². The molecule has 0 radical (unpaired) electrons. The Morgan fingerprint density at radius 3 is 1.88 bits per heavy atom. The van der Waals surface area contributed by atoms with Crippen LogP contribution in [-0.4, -0.2) is 5.11 Å². The molecule has 0 unspecified atom stereocenters. The van der Waals surface area contributed by atoms with Gasteiger partial charge in [-0.2, -0.15) is 0 Å². The molecule has 0 bridgehead atoms. The van der Waals surface area contributed by atoms with Crippen molar-refractivity contribution < 1.29 is 5.11 Å². The number of hydrogen-bond acceptors (Lipinski definition) is 1. The minimum Gasteiger partial charge on any atom is -0.385 e. The molecule has 0 aliphatic rings. The van der Waals surface area contributed by atoms with E-state index in [9.17, 15) is 5.11 Å². The van der Waals surface area contributed by atoms with Gasteiger partial charge in [-0.1, -0.05) is 67.6 Å². The van der Waals surface area contributed by atoms with Crippen molar-refractivity contribution in [1.29, 1.82) is 0 Å². The third-order valence-corrected chi connectivity index (χ3v) is 3.50. The fourth-order valence-electron chi connectivity index (χ4n) is 2.09. The topological polar surface area (TPSA) is 20.2 Å². The standard InChI is InChI=1S/C16H18O/c1-13(14-9-5-3-6-10-14)16(2,17)15-11-7-4-8-12-15/h3-13,17H,1-2H3/t13-,16+/m1/s1. The van der Waals surface area contributed by atoms with Gasteiger partial charge in [-0.05, 0) is 18.1 Å². The van der Waals surface area contributed by atoms with Crippen molar-refractivity contribution in [1.82, 2.24) is 0 Å².